The van der Waals surface area contributed by atoms with E-state index in [-0.39, 0.29) is 43.4 Å². The van der Waals surface area contributed by atoms with Gasteiger partial charge in [0.15, 0.2) is 22.1 Å². The molecule has 3 aromatic heterocycles. The summed E-state index contributed by atoms with van der Waals surface area (Å²) in [6.45, 7) is 13.7. The third-order valence-corrected chi connectivity index (χ3v) is 12.7. The van der Waals surface area contributed by atoms with E-state index in [1.54, 1.807) is 84.6 Å². The van der Waals surface area contributed by atoms with Gasteiger partial charge in [-0.15, -0.1) is 5.10 Å². The maximum atomic E-state index is 14.1. The Morgan fingerprint density at radius 2 is 1.61 bits per heavy atom. The molecule has 1 aliphatic heterocycles. The van der Waals surface area contributed by atoms with Gasteiger partial charge in [0.05, 0.1) is 37.5 Å². The zero-order valence-corrected chi connectivity index (χ0v) is 44.7. The predicted molar refractivity (Wildman–Crippen MR) is 286 cm³/mol. The molecule has 0 bridgehead atoms. The number of carbonyl (C=O) groups excluding carboxylic acids is 3. The van der Waals surface area contributed by atoms with E-state index in [1.807, 2.05) is 51.1 Å². The summed E-state index contributed by atoms with van der Waals surface area (Å²) in [5, 5.41) is 20.1. The molecule has 4 heterocycles. The van der Waals surface area contributed by atoms with E-state index in [2.05, 4.69) is 45.0 Å². The molecule has 400 valence electrons. The maximum Gasteiger partial charge on any atom is 0.415 e. The number of amides is 3. The van der Waals surface area contributed by atoms with Gasteiger partial charge >= 0.3 is 18.4 Å². The minimum absolute atomic E-state index is 0.0426. The van der Waals surface area contributed by atoms with E-state index in [9.17, 15) is 27.6 Å². The van der Waals surface area contributed by atoms with Crippen molar-refractivity contribution in [3.63, 3.8) is 0 Å². The van der Waals surface area contributed by atoms with Crippen LogP contribution in [0, 0.1) is 11.8 Å². The Morgan fingerprint density at radius 1 is 0.907 bits per heavy atom. The second-order valence-corrected chi connectivity index (χ2v) is 21.3. The van der Waals surface area contributed by atoms with Crippen molar-refractivity contribution in [2.45, 2.75) is 109 Å². The normalized spacial score (nSPS) is 13.3. The lowest BCUT2D eigenvalue weighted by atomic mass is 10.0. The molecular formula is C53H63ClF3N11O6S. The number of likely N-dealkylation sites (tertiary alicyclic amines) is 1. The first kappa shape index (κ1) is 56.0. The minimum Gasteiger partial charge on any atom is -0.444 e. The number of halogens is 4. The first-order valence-electron chi connectivity index (χ1n) is 24.7. The highest BCUT2D eigenvalue weighted by molar-refractivity contribution is 7.99. The van der Waals surface area contributed by atoms with E-state index < -0.39 is 30.0 Å². The molecule has 75 heavy (non-hydrogen) atoms. The molecule has 3 N–H and O–H groups in total. The molecular weight excluding hydrogens is 1010 g/mol. The third kappa shape index (κ3) is 16.1. The molecule has 0 radical (unpaired) electrons. The lowest BCUT2D eigenvalue weighted by Gasteiger charge is -2.34. The summed E-state index contributed by atoms with van der Waals surface area (Å²) in [5.74, 6) is 6.83. The van der Waals surface area contributed by atoms with Crippen LogP contribution in [0.4, 0.5) is 40.0 Å². The van der Waals surface area contributed by atoms with E-state index in [1.165, 1.54) is 4.90 Å². The number of nitrogens with zero attached hydrogens (tertiary/aromatic N) is 8. The monoisotopic (exact) mass is 1070 g/mol. The van der Waals surface area contributed by atoms with Gasteiger partial charge in [-0.1, -0.05) is 59.6 Å². The number of hydrogen-bond donors (Lipinski definition) is 3. The maximum absolute atomic E-state index is 14.1. The van der Waals surface area contributed by atoms with Gasteiger partial charge in [-0.25, -0.2) is 24.2 Å². The standard InChI is InChI=1S/C53H63ClF3N11O6S/c1-8-31-75-48-61-45(44-46(62-48)68(64-63-44)33-35-14-18-37(54)19-15-35)58-24-29-72-30-25-59-47(69)36-16-20-39(21-17-36)66(50(71)74-52(5,6)7)26-10-11-40-32-41-42(12-9-13-43(41)67(40)34-53(55,56)57)60-38-22-27-65(28-23-38)49(70)73-51(2,3)4/h9,12-21,32,38,60H,8,22-31,33-34H2,1-7H3,(H,59,69)(H,58,61,62). The van der Waals surface area contributed by atoms with Gasteiger partial charge in [0.2, 0.25) is 0 Å². The van der Waals surface area contributed by atoms with Gasteiger partial charge in [-0.05, 0) is 127 Å². The number of fused-ring (bicyclic) bond motifs is 2. The second kappa shape index (κ2) is 24.7. The van der Waals surface area contributed by atoms with Crippen LogP contribution < -0.4 is 20.9 Å². The van der Waals surface area contributed by atoms with Crippen molar-refractivity contribution in [1.82, 2.24) is 39.7 Å². The zero-order chi connectivity index (χ0) is 53.9. The molecule has 0 saturated carbocycles. The molecule has 6 aromatic rings. The Morgan fingerprint density at radius 3 is 2.29 bits per heavy atom. The smallest absolute Gasteiger partial charge is 0.415 e. The molecule has 0 spiro atoms. The topological polar surface area (TPSA) is 183 Å². The van der Waals surface area contributed by atoms with E-state index in [0.717, 1.165) is 22.3 Å². The van der Waals surface area contributed by atoms with Crippen LogP contribution in [0.2, 0.25) is 5.02 Å². The highest BCUT2D eigenvalue weighted by Crippen LogP contribution is 2.32. The van der Waals surface area contributed by atoms with Crippen LogP contribution in [-0.2, 0) is 27.3 Å². The molecule has 1 aliphatic rings. The van der Waals surface area contributed by atoms with E-state index >= 15 is 0 Å². The molecule has 0 aliphatic carbocycles. The number of rotatable bonds is 18. The fourth-order valence-electron chi connectivity index (χ4n) is 7.97. The quantitative estimate of drug-likeness (QED) is 0.0320. The number of carbonyl (C=O) groups is 3. The lowest BCUT2D eigenvalue weighted by Crippen LogP contribution is -2.44. The molecule has 0 unspecified atom stereocenters. The first-order valence-corrected chi connectivity index (χ1v) is 26.1. The number of ether oxygens (including phenoxy) is 3. The fourth-order valence-corrected chi connectivity index (χ4v) is 8.79. The Labute approximate surface area is 443 Å². The lowest BCUT2D eigenvalue weighted by molar-refractivity contribution is -0.140. The Kier molecular flexibility index (Phi) is 18.5. The average molecular weight is 1070 g/mol. The Bertz CT molecular complexity index is 2990. The number of benzene rings is 3. The number of piperidine rings is 1. The van der Waals surface area contributed by atoms with Gasteiger partial charge in [-0.2, -0.15) is 13.2 Å². The number of alkyl halides is 3. The highest BCUT2D eigenvalue weighted by atomic mass is 35.5. The van der Waals surface area contributed by atoms with Gasteiger partial charge in [0, 0.05) is 65.3 Å². The molecule has 1 fully saturated rings. The third-order valence-electron chi connectivity index (χ3n) is 11.4. The first-order chi connectivity index (χ1) is 35.6. The van der Waals surface area contributed by atoms with Crippen LogP contribution in [0.1, 0.15) is 89.3 Å². The SMILES string of the molecule is CCCSc1nc(NCCOCCNC(=O)c2ccc(N(CC#Cc3cc4c(NC5CCN(C(=O)OC(C)(C)C)CC5)cccc4n3CC(F)(F)F)C(=O)OC(C)(C)C)cc2)c2nnn(Cc3ccc(Cl)cc3)c2n1. The van der Waals surface area contributed by atoms with Gasteiger partial charge in [0.25, 0.3) is 5.91 Å². The number of anilines is 3. The molecule has 22 heteroatoms. The highest BCUT2D eigenvalue weighted by Gasteiger charge is 2.31. The van der Waals surface area contributed by atoms with Crippen molar-refractivity contribution in [1.29, 1.82) is 0 Å². The van der Waals surface area contributed by atoms with Crippen molar-refractivity contribution in [2.75, 3.05) is 67.2 Å². The van der Waals surface area contributed by atoms with Gasteiger partial charge in [-0.3, -0.25) is 9.69 Å². The van der Waals surface area contributed by atoms with Crippen LogP contribution in [0.25, 0.3) is 22.1 Å². The largest absolute Gasteiger partial charge is 0.444 e. The molecule has 1 saturated heterocycles. The molecule has 3 aromatic carbocycles. The number of hydrogen-bond acceptors (Lipinski definition) is 13. The van der Waals surface area contributed by atoms with Crippen LogP contribution in [0.3, 0.4) is 0 Å². The summed E-state index contributed by atoms with van der Waals surface area (Å²) >= 11 is 7.63. The van der Waals surface area contributed by atoms with Gasteiger partial charge < -0.3 is 39.6 Å². The summed E-state index contributed by atoms with van der Waals surface area (Å²) in [4.78, 5) is 51.8. The summed E-state index contributed by atoms with van der Waals surface area (Å²) < 4.78 is 62.2. The summed E-state index contributed by atoms with van der Waals surface area (Å²) in [6, 6.07) is 20.4. The molecule has 0 atom stereocenters. The average Bonchev–Trinajstić information content (AvgIpc) is 3.91. The summed E-state index contributed by atoms with van der Waals surface area (Å²) in [7, 11) is 0. The van der Waals surface area contributed by atoms with Crippen LogP contribution >= 0.6 is 23.4 Å². The minimum atomic E-state index is -4.56. The van der Waals surface area contributed by atoms with Crippen LogP contribution in [0.15, 0.2) is 78.0 Å². The summed E-state index contributed by atoms with van der Waals surface area (Å²) in [5.41, 5.74) is 2.37. The summed E-state index contributed by atoms with van der Waals surface area (Å²) in [6.07, 6.45) is -3.49. The molecule has 3 amide bonds. The zero-order valence-electron chi connectivity index (χ0n) is 43.1. The number of aromatic nitrogens is 6. The van der Waals surface area contributed by atoms with Crippen molar-refractivity contribution >= 4 is 80.7 Å². The Balaban J connectivity index is 0.958. The fraction of sp³-hybridized carbons (Fsp3) is 0.453. The van der Waals surface area contributed by atoms with Crippen molar-refractivity contribution in [3.8, 4) is 11.8 Å². The number of nitrogens with one attached hydrogen (secondary N) is 3. The molecule has 17 nitrogen and oxygen atoms in total. The van der Waals surface area contributed by atoms with Crippen LogP contribution in [0.5, 0.6) is 0 Å². The van der Waals surface area contributed by atoms with E-state index in [4.69, 9.17) is 35.8 Å². The Hall–Kier alpha value is -6.76. The molecule has 7 rings (SSSR count). The second-order valence-electron chi connectivity index (χ2n) is 19.8. The van der Waals surface area contributed by atoms with Crippen molar-refractivity contribution in [2.24, 2.45) is 0 Å². The van der Waals surface area contributed by atoms with Crippen molar-refractivity contribution in [3.05, 3.63) is 94.6 Å². The number of thioether (sulfide) groups is 1. The van der Waals surface area contributed by atoms with E-state index in [0.29, 0.717) is 101 Å². The predicted octanol–water partition coefficient (Wildman–Crippen LogP) is 10.4. The van der Waals surface area contributed by atoms with Crippen molar-refractivity contribution < 1.29 is 41.8 Å². The van der Waals surface area contributed by atoms with Gasteiger partial charge in [0.1, 0.15) is 17.7 Å². The van der Waals surface area contributed by atoms with Crippen LogP contribution in [-0.4, -0.2) is 128 Å².